The van der Waals surface area contributed by atoms with Gasteiger partial charge in [-0.2, -0.15) is 0 Å². The molecule has 0 spiro atoms. The van der Waals surface area contributed by atoms with Gasteiger partial charge in [-0.05, 0) is 28.9 Å². The standard InChI is InChI=1S/C12H16BrFN2.2ClH/c1-9(16-7-5-15-6-8-16)10-3-2-4-11(13)12(10)14;;/h2-4,9,15H,5-8H2,1H3;2*1H/t9-;;/m1../s1. The molecule has 1 aliphatic heterocycles. The zero-order chi connectivity index (χ0) is 11.5. The van der Waals surface area contributed by atoms with E-state index in [1.807, 2.05) is 12.1 Å². The van der Waals surface area contributed by atoms with E-state index in [0.717, 1.165) is 31.7 Å². The van der Waals surface area contributed by atoms with Gasteiger partial charge in [-0.25, -0.2) is 4.39 Å². The smallest absolute Gasteiger partial charge is 0.142 e. The van der Waals surface area contributed by atoms with Gasteiger partial charge in [0.05, 0.1) is 4.47 Å². The second-order valence-electron chi connectivity index (χ2n) is 4.10. The second kappa shape index (κ2) is 8.33. The molecule has 1 aliphatic rings. The molecule has 1 heterocycles. The maximum absolute atomic E-state index is 13.9. The van der Waals surface area contributed by atoms with Crippen molar-refractivity contribution in [3.05, 3.63) is 34.1 Å². The molecular weight excluding hydrogens is 342 g/mol. The highest BCUT2D eigenvalue weighted by atomic mass is 79.9. The summed E-state index contributed by atoms with van der Waals surface area (Å²) < 4.78 is 14.5. The Kier molecular flexibility index (Phi) is 8.39. The van der Waals surface area contributed by atoms with E-state index in [9.17, 15) is 4.39 Å². The van der Waals surface area contributed by atoms with E-state index < -0.39 is 0 Å². The van der Waals surface area contributed by atoms with E-state index in [-0.39, 0.29) is 36.7 Å². The Balaban J connectivity index is 0.00000144. The minimum absolute atomic E-state index is 0. The van der Waals surface area contributed by atoms with Gasteiger partial charge in [-0.15, -0.1) is 24.8 Å². The van der Waals surface area contributed by atoms with Crippen LogP contribution in [0.15, 0.2) is 22.7 Å². The van der Waals surface area contributed by atoms with Crippen LogP contribution in [-0.2, 0) is 0 Å². The molecule has 2 nitrogen and oxygen atoms in total. The maximum atomic E-state index is 13.9. The van der Waals surface area contributed by atoms with Gasteiger partial charge >= 0.3 is 0 Å². The lowest BCUT2D eigenvalue weighted by Crippen LogP contribution is -2.44. The number of hydrogen-bond acceptors (Lipinski definition) is 2. The van der Waals surface area contributed by atoms with Gasteiger partial charge in [0, 0.05) is 37.8 Å². The summed E-state index contributed by atoms with van der Waals surface area (Å²) in [4.78, 5) is 2.31. The van der Waals surface area contributed by atoms with Crippen LogP contribution in [0.2, 0.25) is 0 Å². The summed E-state index contributed by atoms with van der Waals surface area (Å²) in [7, 11) is 0. The van der Waals surface area contributed by atoms with Crippen LogP contribution >= 0.6 is 40.7 Å². The first kappa shape index (κ1) is 18.1. The molecule has 0 bridgehead atoms. The molecular formula is C12H18BrCl2FN2. The lowest BCUT2D eigenvalue weighted by Gasteiger charge is -2.33. The number of halogens is 4. The number of nitrogens with zero attached hydrogens (tertiary/aromatic N) is 1. The fraction of sp³-hybridized carbons (Fsp3) is 0.500. The molecule has 1 aromatic carbocycles. The third kappa shape index (κ3) is 4.07. The molecule has 0 radical (unpaired) electrons. The third-order valence-electron chi connectivity index (χ3n) is 3.13. The minimum atomic E-state index is -0.131. The molecule has 6 heteroatoms. The number of hydrogen-bond donors (Lipinski definition) is 1. The average molecular weight is 360 g/mol. The summed E-state index contributed by atoms with van der Waals surface area (Å²) in [5, 5.41) is 3.30. The van der Waals surface area contributed by atoms with Crippen LogP contribution in [0, 0.1) is 5.82 Å². The summed E-state index contributed by atoms with van der Waals surface area (Å²) in [6.07, 6.45) is 0. The molecule has 1 aromatic rings. The summed E-state index contributed by atoms with van der Waals surface area (Å²) in [6, 6.07) is 5.64. The Morgan fingerprint density at radius 1 is 1.28 bits per heavy atom. The molecule has 1 saturated heterocycles. The van der Waals surface area contributed by atoms with E-state index in [0.29, 0.717) is 4.47 Å². The Morgan fingerprint density at radius 2 is 1.89 bits per heavy atom. The van der Waals surface area contributed by atoms with Crippen LogP contribution in [-0.4, -0.2) is 31.1 Å². The van der Waals surface area contributed by atoms with Gasteiger partial charge in [0.15, 0.2) is 0 Å². The lowest BCUT2D eigenvalue weighted by atomic mass is 10.1. The SMILES string of the molecule is C[C@H](c1cccc(Br)c1F)N1CCNCC1.Cl.Cl. The third-order valence-corrected chi connectivity index (χ3v) is 3.74. The topological polar surface area (TPSA) is 15.3 Å². The average Bonchev–Trinajstić information content (AvgIpc) is 2.33. The van der Waals surface area contributed by atoms with Crippen molar-refractivity contribution in [2.45, 2.75) is 13.0 Å². The second-order valence-corrected chi connectivity index (χ2v) is 4.96. The van der Waals surface area contributed by atoms with Gasteiger partial charge in [-0.1, -0.05) is 12.1 Å². The molecule has 0 unspecified atom stereocenters. The van der Waals surface area contributed by atoms with Crippen LogP contribution < -0.4 is 5.32 Å². The van der Waals surface area contributed by atoms with Gasteiger partial charge in [0.2, 0.25) is 0 Å². The highest BCUT2D eigenvalue weighted by molar-refractivity contribution is 9.10. The Hall–Kier alpha value is 0.130. The zero-order valence-corrected chi connectivity index (χ0v) is 13.4. The number of rotatable bonds is 2. The summed E-state index contributed by atoms with van der Waals surface area (Å²) in [6.45, 7) is 6.00. The number of benzene rings is 1. The number of piperazine rings is 1. The van der Waals surface area contributed by atoms with Gasteiger partial charge in [0.25, 0.3) is 0 Å². The fourth-order valence-electron chi connectivity index (χ4n) is 2.11. The van der Waals surface area contributed by atoms with Gasteiger partial charge in [-0.3, -0.25) is 4.90 Å². The molecule has 1 fully saturated rings. The highest BCUT2D eigenvalue weighted by Gasteiger charge is 2.21. The molecule has 104 valence electrons. The Morgan fingerprint density at radius 3 is 2.50 bits per heavy atom. The molecule has 0 saturated carbocycles. The van der Waals surface area contributed by atoms with Crippen LogP contribution in [0.1, 0.15) is 18.5 Å². The van der Waals surface area contributed by atoms with Crippen LogP contribution in [0.4, 0.5) is 4.39 Å². The summed E-state index contributed by atoms with van der Waals surface area (Å²) >= 11 is 3.23. The van der Waals surface area contributed by atoms with Gasteiger partial charge in [0.1, 0.15) is 5.82 Å². The first-order valence-electron chi connectivity index (χ1n) is 5.59. The first-order valence-corrected chi connectivity index (χ1v) is 6.38. The van der Waals surface area contributed by atoms with Crippen molar-refractivity contribution in [1.29, 1.82) is 0 Å². The van der Waals surface area contributed by atoms with Crippen molar-refractivity contribution in [3.8, 4) is 0 Å². The predicted octanol–water partition coefficient (Wildman–Crippen LogP) is 3.40. The minimum Gasteiger partial charge on any atom is -0.314 e. The van der Waals surface area contributed by atoms with E-state index in [4.69, 9.17) is 0 Å². The quantitative estimate of drug-likeness (QED) is 0.870. The Bertz CT molecular complexity index is 373. The molecule has 18 heavy (non-hydrogen) atoms. The van der Waals surface area contributed by atoms with Gasteiger partial charge < -0.3 is 5.32 Å². The Labute approximate surface area is 128 Å². The summed E-state index contributed by atoms with van der Waals surface area (Å²) in [5.41, 5.74) is 0.774. The molecule has 0 amide bonds. The van der Waals surface area contributed by atoms with Crippen molar-refractivity contribution in [1.82, 2.24) is 10.2 Å². The molecule has 1 atom stereocenters. The van der Waals surface area contributed by atoms with Crippen molar-refractivity contribution in [2.75, 3.05) is 26.2 Å². The van der Waals surface area contributed by atoms with Crippen molar-refractivity contribution >= 4 is 40.7 Å². The van der Waals surface area contributed by atoms with E-state index in [1.165, 1.54) is 0 Å². The normalized spacial score (nSPS) is 17.5. The zero-order valence-electron chi connectivity index (χ0n) is 10.2. The molecule has 1 N–H and O–H groups in total. The molecule has 0 aromatic heterocycles. The predicted molar refractivity (Wildman–Crippen MR) is 81.5 cm³/mol. The first-order chi connectivity index (χ1) is 7.70. The molecule has 0 aliphatic carbocycles. The van der Waals surface area contributed by atoms with Crippen LogP contribution in [0.25, 0.3) is 0 Å². The van der Waals surface area contributed by atoms with E-state index in [2.05, 4.69) is 33.1 Å². The van der Waals surface area contributed by atoms with E-state index in [1.54, 1.807) is 6.07 Å². The number of nitrogens with one attached hydrogen (secondary N) is 1. The highest BCUT2D eigenvalue weighted by Crippen LogP contribution is 2.27. The van der Waals surface area contributed by atoms with E-state index >= 15 is 0 Å². The fourth-order valence-corrected chi connectivity index (χ4v) is 2.49. The van der Waals surface area contributed by atoms with Crippen molar-refractivity contribution in [3.63, 3.8) is 0 Å². The molecule has 2 rings (SSSR count). The summed E-state index contributed by atoms with van der Waals surface area (Å²) in [5.74, 6) is -0.131. The largest absolute Gasteiger partial charge is 0.314 e. The lowest BCUT2D eigenvalue weighted by molar-refractivity contribution is 0.182. The van der Waals surface area contributed by atoms with Crippen molar-refractivity contribution < 1.29 is 4.39 Å². The monoisotopic (exact) mass is 358 g/mol. The van der Waals surface area contributed by atoms with Crippen LogP contribution in [0.5, 0.6) is 0 Å². The van der Waals surface area contributed by atoms with Crippen LogP contribution in [0.3, 0.4) is 0 Å². The maximum Gasteiger partial charge on any atom is 0.142 e. The van der Waals surface area contributed by atoms with Crippen molar-refractivity contribution in [2.24, 2.45) is 0 Å².